The molecule has 1 fully saturated rings. The molecule has 1 heterocycles. The van der Waals surface area contributed by atoms with Crippen molar-refractivity contribution in [1.29, 1.82) is 0 Å². The van der Waals surface area contributed by atoms with Crippen molar-refractivity contribution in [2.45, 2.75) is 39.1 Å². The van der Waals surface area contributed by atoms with Crippen molar-refractivity contribution in [2.75, 3.05) is 19.7 Å². The van der Waals surface area contributed by atoms with Gasteiger partial charge >= 0.3 is 0 Å². The summed E-state index contributed by atoms with van der Waals surface area (Å²) in [4.78, 5) is 14.2. The molecule has 5 heteroatoms. The van der Waals surface area contributed by atoms with E-state index in [1.54, 1.807) is 11.8 Å². The lowest BCUT2D eigenvalue weighted by Gasteiger charge is -2.37. The SMILES string of the molecule is Cc1cccc(OC(C)C(=O)N2CC(C)OC(CO)C2)c1. The highest BCUT2D eigenvalue weighted by Gasteiger charge is 2.31. The molecule has 0 bridgehead atoms. The maximum absolute atomic E-state index is 12.5. The van der Waals surface area contributed by atoms with Gasteiger partial charge in [-0.25, -0.2) is 0 Å². The number of rotatable bonds is 4. The summed E-state index contributed by atoms with van der Waals surface area (Å²) in [5.41, 5.74) is 1.09. The van der Waals surface area contributed by atoms with Crippen LogP contribution in [-0.4, -0.2) is 53.9 Å². The molecule has 3 unspecified atom stereocenters. The zero-order chi connectivity index (χ0) is 15.4. The van der Waals surface area contributed by atoms with E-state index in [0.29, 0.717) is 18.8 Å². The quantitative estimate of drug-likeness (QED) is 0.911. The lowest BCUT2D eigenvalue weighted by molar-refractivity contribution is -0.153. The summed E-state index contributed by atoms with van der Waals surface area (Å²) in [6.45, 7) is 6.47. The van der Waals surface area contributed by atoms with Crippen LogP contribution in [0.4, 0.5) is 0 Å². The van der Waals surface area contributed by atoms with Gasteiger partial charge in [0, 0.05) is 13.1 Å². The number of aliphatic hydroxyl groups is 1. The molecule has 0 saturated carbocycles. The van der Waals surface area contributed by atoms with E-state index in [9.17, 15) is 9.90 Å². The van der Waals surface area contributed by atoms with Gasteiger partial charge in [0.25, 0.3) is 5.91 Å². The fourth-order valence-electron chi connectivity index (χ4n) is 2.53. The van der Waals surface area contributed by atoms with Crippen molar-refractivity contribution in [3.05, 3.63) is 29.8 Å². The molecular formula is C16H23NO4. The fourth-order valence-corrected chi connectivity index (χ4v) is 2.53. The average molecular weight is 293 g/mol. The van der Waals surface area contributed by atoms with E-state index >= 15 is 0 Å². The maximum atomic E-state index is 12.5. The first-order chi connectivity index (χ1) is 9.99. The Bertz CT molecular complexity index is 491. The van der Waals surface area contributed by atoms with Gasteiger partial charge < -0.3 is 19.5 Å². The second-order valence-electron chi connectivity index (χ2n) is 5.57. The van der Waals surface area contributed by atoms with Crippen LogP contribution in [0.1, 0.15) is 19.4 Å². The van der Waals surface area contributed by atoms with E-state index in [0.717, 1.165) is 5.56 Å². The zero-order valence-electron chi connectivity index (χ0n) is 12.8. The molecule has 1 aromatic carbocycles. The highest BCUT2D eigenvalue weighted by molar-refractivity contribution is 5.81. The first-order valence-corrected chi connectivity index (χ1v) is 7.28. The number of benzene rings is 1. The summed E-state index contributed by atoms with van der Waals surface area (Å²) < 4.78 is 11.3. The summed E-state index contributed by atoms with van der Waals surface area (Å²) in [5.74, 6) is 0.612. The molecule has 3 atom stereocenters. The van der Waals surface area contributed by atoms with Crippen LogP contribution in [-0.2, 0) is 9.53 Å². The third kappa shape index (κ3) is 4.19. The summed E-state index contributed by atoms with van der Waals surface area (Å²) in [7, 11) is 0. The van der Waals surface area contributed by atoms with Gasteiger partial charge in [0.2, 0.25) is 0 Å². The summed E-state index contributed by atoms with van der Waals surface area (Å²) in [5, 5.41) is 9.22. The minimum atomic E-state index is -0.559. The van der Waals surface area contributed by atoms with Gasteiger partial charge in [-0.1, -0.05) is 12.1 Å². The van der Waals surface area contributed by atoms with Gasteiger partial charge in [-0.2, -0.15) is 0 Å². The highest BCUT2D eigenvalue weighted by atomic mass is 16.5. The van der Waals surface area contributed by atoms with Crippen LogP contribution in [0.25, 0.3) is 0 Å². The molecule has 1 aliphatic rings. The average Bonchev–Trinajstić information content (AvgIpc) is 2.45. The van der Waals surface area contributed by atoms with Gasteiger partial charge in [0.1, 0.15) is 5.75 Å². The van der Waals surface area contributed by atoms with Crippen LogP contribution >= 0.6 is 0 Å². The topological polar surface area (TPSA) is 59.0 Å². The summed E-state index contributed by atoms with van der Waals surface area (Å²) in [6, 6.07) is 7.63. The Balaban J connectivity index is 1.98. The van der Waals surface area contributed by atoms with Crippen molar-refractivity contribution in [3.8, 4) is 5.75 Å². The molecule has 21 heavy (non-hydrogen) atoms. The van der Waals surface area contributed by atoms with Crippen LogP contribution in [0.3, 0.4) is 0 Å². The monoisotopic (exact) mass is 293 g/mol. The number of hydrogen-bond acceptors (Lipinski definition) is 4. The van der Waals surface area contributed by atoms with Crippen LogP contribution < -0.4 is 4.74 Å². The number of aliphatic hydroxyl groups excluding tert-OH is 1. The molecular weight excluding hydrogens is 270 g/mol. The summed E-state index contributed by atoms with van der Waals surface area (Å²) >= 11 is 0. The molecule has 1 aliphatic heterocycles. The smallest absolute Gasteiger partial charge is 0.263 e. The Hall–Kier alpha value is -1.59. The van der Waals surface area contributed by atoms with Crippen molar-refractivity contribution in [2.24, 2.45) is 0 Å². The van der Waals surface area contributed by atoms with Gasteiger partial charge in [-0.3, -0.25) is 4.79 Å². The lowest BCUT2D eigenvalue weighted by atomic mass is 10.2. The maximum Gasteiger partial charge on any atom is 0.263 e. The molecule has 1 saturated heterocycles. The van der Waals surface area contributed by atoms with Crippen LogP contribution in [0, 0.1) is 6.92 Å². The van der Waals surface area contributed by atoms with Crippen LogP contribution in [0.5, 0.6) is 5.75 Å². The van der Waals surface area contributed by atoms with Gasteiger partial charge in [-0.05, 0) is 38.5 Å². The number of aryl methyl sites for hydroxylation is 1. The minimum Gasteiger partial charge on any atom is -0.481 e. The zero-order valence-corrected chi connectivity index (χ0v) is 12.8. The van der Waals surface area contributed by atoms with E-state index in [2.05, 4.69) is 0 Å². The van der Waals surface area contributed by atoms with Crippen molar-refractivity contribution in [3.63, 3.8) is 0 Å². The molecule has 116 valence electrons. The predicted octanol–water partition coefficient (Wildman–Crippen LogP) is 1.37. The molecule has 1 amide bonds. The molecule has 0 aliphatic carbocycles. The normalized spacial score (nSPS) is 23.7. The van der Waals surface area contributed by atoms with E-state index in [4.69, 9.17) is 9.47 Å². The Labute approximate surface area is 125 Å². The molecule has 1 aromatic rings. The van der Waals surface area contributed by atoms with E-state index in [1.807, 2.05) is 38.1 Å². The van der Waals surface area contributed by atoms with Crippen LogP contribution in [0.2, 0.25) is 0 Å². The molecule has 1 N–H and O–H groups in total. The highest BCUT2D eigenvalue weighted by Crippen LogP contribution is 2.17. The number of nitrogens with zero attached hydrogens (tertiary/aromatic N) is 1. The Morgan fingerprint density at radius 3 is 2.95 bits per heavy atom. The van der Waals surface area contributed by atoms with E-state index in [-0.39, 0.29) is 24.7 Å². The Morgan fingerprint density at radius 1 is 1.52 bits per heavy atom. The van der Waals surface area contributed by atoms with Gasteiger partial charge in [-0.15, -0.1) is 0 Å². The first-order valence-electron chi connectivity index (χ1n) is 7.28. The van der Waals surface area contributed by atoms with E-state index < -0.39 is 6.10 Å². The Kier molecular flexibility index (Phi) is 5.20. The van der Waals surface area contributed by atoms with Crippen LogP contribution in [0.15, 0.2) is 24.3 Å². The number of amides is 1. The van der Waals surface area contributed by atoms with Crippen molar-refractivity contribution >= 4 is 5.91 Å². The van der Waals surface area contributed by atoms with E-state index in [1.165, 1.54) is 0 Å². The number of hydrogen-bond donors (Lipinski definition) is 1. The molecule has 0 radical (unpaired) electrons. The lowest BCUT2D eigenvalue weighted by Crippen LogP contribution is -2.53. The molecule has 0 spiro atoms. The third-order valence-corrected chi connectivity index (χ3v) is 3.49. The largest absolute Gasteiger partial charge is 0.481 e. The molecule has 5 nitrogen and oxygen atoms in total. The van der Waals surface area contributed by atoms with Crippen molar-refractivity contribution < 1.29 is 19.4 Å². The standard InChI is InChI=1S/C16H23NO4/c1-11-5-4-6-14(7-11)21-13(3)16(19)17-8-12(2)20-15(9-17)10-18/h4-7,12-13,15,18H,8-10H2,1-3H3. The number of morpholine rings is 1. The first kappa shape index (κ1) is 15.8. The molecule has 0 aromatic heterocycles. The van der Waals surface area contributed by atoms with Gasteiger partial charge in [0.05, 0.1) is 18.8 Å². The third-order valence-electron chi connectivity index (χ3n) is 3.49. The second kappa shape index (κ2) is 6.91. The second-order valence-corrected chi connectivity index (χ2v) is 5.57. The fraction of sp³-hybridized carbons (Fsp3) is 0.562. The number of carbonyl (C=O) groups excluding carboxylic acids is 1. The summed E-state index contributed by atoms with van der Waals surface area (Å²) in [6.07, 6.45) is -0.952. The predicted molar refractivity (Wildman–Crippen MR) is 79.3 cm³/mol. The van der Waals surface area contributed by atoms with Gasteiger partial charge in [0.15, 0.2) is 6.10 Å². The van der Waals surface area contributed by atoms with Crippen molar-refractivity contribution in [1.82, 2.24) is 4.90 Å². The minimum absolute atomic E-state index is 0.0778. The number of ether oxygens (including phenoxy) is 2. The molecule has 2 rings (SSSR count). The Morgan fingerprint density at radius 2 is 2.29 bits per heavy atom. The number of carbonyl (C=O) groups is 1.